The first-order chi connectivity index (χ1) is 41.1. The molecule has 83 heavy (non-hydrogen) atoms. The van der Waals surface area contributed by atoms with Crippen LogP contribution in [0.5, 0.6) is 0 Å². The van der Waals surface area contributed by atoms with Crippen LogP contribution < -0.4 is 14.7 Å². The van der Waals surface area contributed by atoms with Gasteiger partial charge in [0.25, 0.3) is 0 Å². The molecule has 0 fully saturated rings. The van der Waals surface area contributed by atoms with Crippen LogP contribution in [-0.2, 0) is 0 Å². The molecule has 2 heterocycles. The van der Waals surface area contributed by atoms with Gasteiger partial charge in [-0.3, -0.25) is 0 Å². The van der Waals surface area contributed by atoms with Crippen LogP contribution in [0.1, 0.15) is 0 Å². The Bertz CT molecular complexity index is 5020. The summed E-state index contributed by atoms with van der Waals surface area (Å²) < 4.78 is 8.86. The maximum Gasteiger partial charge on any atom is 0.135 e. The highest BCUT2D eigenvalue weighted by atomic mass is 32.1. The van der Waals surface area contributed by atoms with Gasteiger partial charge in [-0.15, -0.1) is 11.3 Å². The molecule has 4 nitrogen and oxygen atoms in total. The van der Waals surface area contributed by atoms with Crippen molar-refractivity contribution in [2.45, 2.75) is 0 Å². The van der Waals surface area contributed by atoms with E-state index < -0.39 is 0 Å². The minimum Gasteiger partial charge on any atom is -0.456 e. The molecule has 0 radical (unpaired) electrons. The zero-order chi connectivity index (χ0) is 54.8. The van der Waals surface area contributed by atoms with Crippen molar-refractivity contribution < 1.29 is 4.42 Å². The number of fused-ring (bicyclic) bond motifs is 12. The highest BCUT2D eigenvalue weighted by Gasteiger charge is 2.24. The fourth-order valence-corrected chi connectivity index (χ4v) is 13.8. The van der Waals surface area contributed by atoms with E-state index in [1.54, 1.807) is 0 Å². The van der Waals surface area contributed by atoms with Gasteiger partial charge in [-0.25, -0.2) is 0 Å². The number of para-hydroxylation sites is 4. The molecule has 0 bridgehead atoms. The molecule has 0 aliphatic carbocycles. The summed E-state index contributed by atoms with van der Waals surface area (Å²) in [5, 5.41) is 12.2. The molecule has 0 aliphatic rings. The Labute approximate surface area is 484 Å². The fourth-order valence-electron chi connectivity index (χ4n) is 12.5. The zero-order valence-electron chi connectivity index (χ0n) is 45.1. The Morgan fingerprint density at radius 3 is 1.20 bits per heavy atom. The van der Waals surface area contributed by atoms with Crippen molar-refractivity contribution in [1.29, 1.82) is 0 Å². The number of nitrogens with zero attached hydrogens (tertiary/aromatic N) is 3. The fraction of sp³-hybridized carbons (Fsp3) is 0. The topological polar surface area (TPSA) is 22.9 Å². The number of rotatable bonds is 11. The highest BCUT2D eigenvalue weighted by Crippen LogP contribution is 2.49. The minimum absolute atomic E-state index is 0.885. The third-order valence-electron chi connectivity index (χ3n) is 16.4. The number of hydrogen-bond acceptors (Lipinski definition) is 5. The van der Waals surface area contributed by atoms with Gasteiger partial charge in [0, 0.05) is 65.1 Å². The van der Waals surface area contributed by atoms with Gasteiger partial charge in [0.15, 0.2) is 0 Å². The summed E-state index contributed by atoms with van der Waals surface area (Å²) in [6, 6.07) is 113. The van der Waals surface area contributed by atoms with Crippen molar-refractivity contribution in [3.8, 4) is 22.3 Å². The van der Waals surface area contributed by atoms with Crippen LogP contribution in [0.3, 0.4) is 0 Å². The predicted molar refractivity (Wildman–Crippen MR) is 354 cm³/mol. The van der Waals surface area contributed by atoms with E-state index >= 15 is 0 Å². The SMILES string of the molecule is c1ccc(N(c2ccccc2)c2cc(N(c3ccc(-c4ccc5oc6ccccc6c5c4)cc3)c3ccc(-c4cccc5c4sc4ccccc45)cc3)cc(N(c3ccccc3)c3ccc4c5ccccc5c5ccccc5c4c3)c2)cc1. The molecule has 0 aliphatic heterocycles. The van der Waals surface area contributed by atoms with Crippen molar-refractivity contribution in [2.24, 2.45) is 0 Å². The van der Waals surface area contributed by atoms with Gasteiger partial charge < -0.3 is 19.1 Å². The van der Waals surface area contributed by atoms with Gasteiger partial charge >= 0.3 is 0 Å². The van der Waals surface area contributed by atoms with E-state index in [0.717, 1.165) is 84.3 Å². The van der Waals surface area contributed by atoms with Crippen molar-refractivity contribution in [1.82, 2.24) is 0 Å². The van der Waals surface area contributed by atoms with Gasteiger partial charge in [0.2, 0.25) is 0 Å². The predicted octanol–water partition coefficient (Wildman–Crippen LogP) is 23.2. The highest BCUT2D eigenvalue weighted by molar-refractivity contribution is 7.26. The molecular formula is C78H51N3OS. The first kappa shape index (κ1) is 48.2. The molecular weight excluding hydrogens is 1030 g/mol. The van der Waals surface area contributed by atoms with Crippen LogP contribution in [0, 0.1) is 0 Å². The number of furan rings is 1. The minimum atomic E-state index is 0.885. The van der Waals surface area contributed by atoms with Gasteiger partial charge in [0.05, 0.1) is 17.1 Å². The molecule has 16 aromatic rings. The van der Waals surface area contributed by atoms with E-state index in [0.29, 0.717) is 0 Å². The Balaban J connectivity index is 0.925. The molecule has 390 valence electrons. The second-order valence-corrected chi connectivity index (χ2v) is 22.3. The summed E-state index contributed by atoms with van der Waals surface area (Å²) in [6.07, 6.45) is 0. The average molecular weight is 1080 g/mol. The molecule has 14 aromatic carbocycles. The van der Waals surface area contributed by atoms with Crippen LogP contribution in [-0.4, -0.2) is 0 Å². The van der Waals surface area contributed by atoms with Crippen LogP contribution in [0.25, 0.3) is 96.7 Å². The molecule has 0 atom stereocenters. The van der Waals surface area contributed by atoms with Gasteiger partial charge in [-0.2, -0.15) is 0 Å². The molecule has 0 amide bonds. The van der Waals surface area contributed by atoms with Crippen molar-refractivity contribution >= 4 is 137 Å². The summed E-state index contributed by atoms with van der Waals surface area (Å²) in [4.78, 5) is 7.23. The summed E-state index contributed by atoms with van der Waals surface area (Å²) in [6.45, 7) is 0. The third-order valence-corrected chi connectivity index (χ3v) is 17.6. The standard InChI is InChI=1S/C78H51N3OS/c1-4-19-55(20-5-1)79(56-21-6-2-7-22-56)61-48-62(50-63(49-61)81(57-23-8-3-9-24-57)60-44-45-69-67-27-11-10-25-65(67)66-26-12-13-28-68(66)73(69)51-60)80(58-40-35-52(36-41-58)54-39-46-76-74(47-54)70-29-14-16-33-75(70)82-76)59-42-37-53(38-43-59)64-31-18-32-72-71-30-15-17-34-77(71)83-78(64)72/h1-51H. The zero-order valence-corrected chi connectivity index (χ0v) is 45.9. The van der Waals surface area contributed by atoms with Crippen molar-refractivity contribution in [2.75, 3.05) is 14.7 Å². The number of anilines is 9. The van der Waals surface area contributed by atoms with Gasteiger partial charge in [-0.05, 0) is 170 Å². The van der Waals surface area contributed by atoms with E-state index in [2.05, 4.69) is 312 Å². The average Bonchev–Trinajstić information content (AvgIpc) is 4.08. The lowest BCUT2D eigenvalue weighted by atomic mass is 9.94. The van der Waals surface area contributed by atoms with Crippen LogP contribution in [0.2, 0.25) is 0 Å². The smallest absolute Gasteiger partial charge is 0.135 e. The van der Waals surface area contributed by atoms with E-state index in [1.165, 1.54) is 63.6 Å². The molecule has 0 spiro atoms. The molecule has 0 N–H and O–H groups in total. The largest absolute Gasteiger partial charge is 0.456 e. The number of benzene rings is 14. The van der Waals surface area contributed by atoms with Crippen LogP contribution >= 0.6 is 11.3 Å². The molecule has 5 heteroatoms. The first-order valence-corrected chi connectivity index (χ1v) is 29.0. The summed E-state index contributed by atoms with van der Waals surface area (Å²) in [5.74, 6) is 0. The van der Waals surface area contributed by atoms with E-state index in [1.807, 2.05) is 23.5 Å². The second-order valence-electron chi connectivity index (χ2n) is 21.2. The van der Waals surface area contributed by atoms with Gasteiger partial charge in [0.1, 0.15) is 11.2 Å². The molecule has 0 unspecified atom stereocenters. The van der Waals surface area contributed by atoms with Crippen molar-refractivity contribution in [3.63, 3.8) is 0 Å². The summed E-state index contributed by atoms with van der Waals surface area (Å²) >= 11 is 1.87. The van der Waals surface area contributed by atoms with E-state index in [-0.39, 0.29) is 0 Å². The third kappa shape index (κ3) is 8.44. The van der Waals surface area contributed by atoms with Gasteiger partial charge in [-0.1, -0.05) is 194 Å². The lowest BCUT2D eigenvalue weighted by molar-refractivity contribution is 0.669. The molecule has 0 saturated heterocycles. The first-order valence-electron chi connectivity index (χ1n) is 28.2. The maximum absolute atomic E-state index is 6.27. The number of thiophene rings is 1. The monoisotopic (exact) mass is 1080 g/mol. The maximum atomic E-state index is 6.27. The van der Waals surface area contributed by atoms with Crippen LogP contribution in [0.15, 0.2) is 314 Å². The summed E-state index contributed by atoms with van der Waals surface area (Å²) in [7, 11) is 0. The molecule has 16 rings (SSSR count). The Kier molecular flexibility index (Phi) is 11.7. The van der Waals surface area contributed by atoms with Crippen molar-refractivity contribution in [3.05, 3.63) is 309 Å². The van der Waals surface area contributed by atoms with E-state index in [4.69, 9.17) is 4.42 Å². The normalized spacial score (nSPS) is 11.6. The summed E-state index contributed by atoms with van der Waals surface area (Å²) in [5.41, 5.74) is 15.7. The second kappa shape index (κ2) is 20.1. The lowest BCUT2D eigenvalue weighted by Crippen LogP contribution is -2.16. The molecule has 2 aromatic heterocycles. The lowest BCUT2D eigenvalue weighted by Gasteiger charge is -2.33. The number of hydrogen-bond donors (Lipinski definition) is 0. The Hall–Kier alpha value is -10.7. The molecule has 0 saturated carbocycles. The quantitative estimate of drug-likeness (QED) is 0.120. The van der Waals surface area contributed by atoms with E-state index in [9.17, 15) is 0 Å². The Morgan fingerprint density at radius 1 is 0.217 bits per heavy atom. The van der Waals surface area contributed by atoms with Crippen LogP contribution in [0.4, 0.5) is 51.2 Å². The Morgan fingerprint density at radius 2 is 0.627 bits per heavy atom.